The normalized spacial score (nSPS) is 19.8. The average molecular weight is 307 g/mol. The summed E-state index contributed by atoms with van der Waals surface area (Å²) in [5.41, 5.74) is 2.13. The Hall–Kier alpha value is -1.13. The molecule has 0 saturated carbocycles. The molecule has 3 nitrogen and oxygen atoms in total. The van der Waals surface area contributed by atoms with Crippen molar-refractivity contribution in [3.8, 4) is 0 Å². The summed E-state index contributed by atoms with van der Waals surface area (Å²) in [5, 5.41) is 0. The zero-order valence-electron chi connectivity index (χ0n) is 13.0. The van der Waals surface area contributed by atoms with Gasteiger partial charge in [0.1, 0.15) is 0 Å². The van der Waals surface area contributed by atoms with Crippen LogP contribution in [0, 0.1) is 6.92 Å². The number of hydrogen-bond acceptors (Lipinski definition) is 2. The molecular weight excluding hydrogens is 282 g/mol. The van der Waals surface area contributed by atoms with E-state index < -0.39 is 10.0 Å². The summed E-state index contributed by atoms with van der Waals surface area (Å²) in [6, 6.07) is 7.08. The van der Waals surface area contributed by atoms with Crippen LogP contribution in [0.15, 0.2) is 41.3 Å². The van der Waals surface area contributed by atoms with Crippen LogP contribution in [0.4, 0.5) is 0 Å². The monoisotopic (exact) mass is 307 g/mol. The molecule has 0 bridgehead atoms. The average Bonchev–Trinajstić information content (AvgIpc) is 2.95. The van der Waals surface area contributed by atoms with Crippen LogP contribution in [0.3, 0.4) is 0 Å². The summed E-state index contributed by atoms with van der Waals surface area (Å²) >= 11 is 0. The van der Waals surface area contributed by atoms with E-state index >= 15 is 0 Å². The Morgan fingerprint density at radius 2 is 2.00 bits per heavy atom. The fourth-order valence-electron chi connectivity index (χ4n) is 2.85. The maximum absolute atomic E-state index is 12.8. The highest BCUT2D eigenvalue weighted by molar-refractivity contribution is 7.89. The third-order valence-corrected chi connectivity index (χ3v) is 6.08. The first-order valence-electron chi connectivity index (χ1n) is 7.73. The molecule has 1 heterocycles. The zero-order valence-corrected chi connectivity index (χ0v) is 13.8. The van der Waals surface area contributed by atoms with Gasteiger partial charge in [-0.15, -0.1) is 0 Å². The maximum atomic E-state index is 12.8. The maximum Gasteiger partial charge on any atom is 0.243 e. The topological polar surface area (TPSA) is 37.4 Å². The molecule has 0 N–H and O–H groups in total. The van der Waals surface area contributed by atoms with E-state index in [-0.39, 0.29) is 6.04 Å². The summed E-state index contributed by atoms with van der Waals surface area (Å²) in [7, 11) is -3.40. The van der Waals surface area contributed by atoms with E-state index in [0.717, 1.165) is 43.2 Å². The summed E-state index contributed by atoms with van der Waals surface area (Å²) in [5.74, 6) is 0. The molecule has 1 fully saturated rings. The second-order valence-corrected chi connectivity index (χ2v) is 7.74. The second kappa shape index (κ2) is 6.75. The predicted molar refractivity (Wildman–Crippen MR) is 86.8 cm³/mol. The molecule has 1 atom stereocenters. The van der Waals surface area contributed by atoms with Crippen LogP contribution in [0.1, 0.15) is 44.6 Å². The van der Waals surface area contributed by atoms with E-state index in [4.69, 9.17) is 0 Å². The minimum Gasteiger partial charge on any atom is -0.207 e. The van der Waals surface area contributed by atoms with Crippen LogP contribution in [0.5, 0.6) is 0 Å². The van der Waals surface area contributed by atoms with Gasteiger partial charge in [0.2, 0.25) is 10.0 Å². The number of sulfonamides is 1. The lowest BCUT2D eigenvalue weighted by atomic mass is 10.0. The molecule has 1 aliphatic heterocycles. The number of nitrogens with zero attached hydrogens (tertiary/aromatic N) is 1. The molecule has 116 valence electrons. The van der Waals surface area contributed by atoms with E-state index in [9.17, 15) is 8.42 Å². The zero-order chi connectivity index (χ0) is 15.5. The van der Waals surface area contributed by atoms with E-state index in [1.165, 1.54) is 0 Å². The first-order valence-corrected chi connectivity index (χ1v) is 9.17. The third kappa shape index (κ3) is 3.55. The standard InChI is InChI=1S/C17H25NO2S/c1-4-5-7-15(3)17-8-6-13-18(17)21(19,20)16-11-9-14(2)10-12-16/h9-12,17H,3-8,13H2,1-2H3. The molecule has 0 spiro atoms. The van der Waals surface area contributed by atoms with Crippen LogP contribution in [0.2, 0.25) is 0 Å². The predicted octanol–water partition coefficient (Wildman–Crippen LogP) is 3.89. The summed E-state index contributed by atoms with van der Waals surface area (Å²) in [4.78, 5) is 0.392. The fraction of sp³-hybridized carbons (Fsp3) is 0.529. The smallest absolute Gasteiger partial charge is 0.207 e. The van der Waals surface area contributed by atoms with Gasteiger partial charge in [0, 0.05) is 12.6 Å². The first-order chi connectivity index (χ1) is 9.96. The van der Waals surface area contributed by atoms with E-state index in [1.54, 1.807) is 16.4 Å². The Bertz CT molecular complexity index is 590. The lowest BCUT2D eigenvalue weighted by Gasteiger charge is -2.26. The summed E-state index contributed by atoms with van der Waals surface area (Å²) < 4.78 is 27.3. The van der Waals surface area contributed by atoms with Crippen LogP contribution < -0.4 is 0 Å². The second-order valence-electron chi connectivity index (χ2n) is 5.85. The van der Waals surface area contributed by atoms with Crippen molar-refractivity contribution in [1.82, 2.24) is 4.31 Å². The lowest BCUT2D eigenvalue weighted by molar-refractivity contribution is 0.414. The first kappa shape index (κ1) is 16.2. The number of aryl methyl sites for hydroxylation is 1. The molecule has 1 saturated heterocycles. The van der Waals surface area contributed by atoms with Crippen molar-refractivity contribution in [3.05, 3.63) is 42.0 Å². The van der Waals surface area contributed by atoms with Gasteiger partial charge < -0.3 is 0 Å². The SMILES string of the molecule is C=C(CCCC)C1CCCN1S(=O)(=O)c1ccc(C)cc1. The van der Waals surface area contributed by atoms with Gasteiger partial charge in [-0.3, -0.25) is 0 Å². The Labute approximate surface area is 128 Å². The summed E-state index contributed by atoms with van der Waals surface area (Å²) in [6.07, 6.45) is 4.92. The molecule has 21 heavy (non-hydrogen) atoms. The minimum absolute atomic E-state index is 0.0251. The molecule has 4 heteroatoms. The van der Waals surface area contributed by atoms with Crippen molar-refractivity contribution in [1.29, 1.82) is 0 Å². The molecule has 0 aromatic heterocycles. The highest BCUT2D eigenvalue weighted by atomic mass is 32.2. The van der Waals surface area contributed by atoms with Crippen LogP contribution in [-0.4, -0.2) is 25.3 Å². The molecule has 2 rings (SSSR count). The number of benzene rings is 1. The van der Waals surface area contributed by atoms with Gasteiger partial charge >= 0.3 is 0 Å². The highest BCUT2D eigenvalue weighted by Crippen LogP contribution is 2.31. The Morgan fingerprint density at radius 1 is 1.33 bits per heavy atom. The number of rotatable bonds is 6. The minimum atomic E-state index is -3.40. The van der Waals surface area contributed by atoms with Crippen molar-refractivity contribution in [2.75, 3.05) is 6.54 Å². The van der Waals surface area contributed by atoms with Gasteiger partial charge in [-0.1, -0.05) is 43.2 Å². The molecule has 0 aliphatic carbocycles. The van der Waals surface area contributed by atoms with Crippen molar-refractivity contribution >= 4 is 10.0 Å². The van der Waals surface area contributed by atoms with Crippen molar-refractivity contribution in [2.45, 2.75) is 56.9 Å². The van der Waals surface area contributed by atoms with Crippen molar-refractivity contribution < 1.29 is 8.42 Å². The Kier molecular flexibility index (Phi) is 5.22. The number of unbranched alkanes of at least 4 members (excludes halogenated alkanes) is 1. The van der Waals surface area contributed by atoms with Crippen molar-refractivity contribution in [3.63, 3.8) is 0 Å². The molecule has 1 unspecified atom stereocenters. The summed E-state index contributed by atoms with van der Waals surface area (Å²) in [6.45, 7) is 8.84. The molecule has 1 aromatic carbocycles. The number of hydrogen-bond donors (Lipinski definition) is 0. The lowest BCUT2D eigenvalue weighted by Crippen LogP contribution is -2.36. The van der Waals surface area contributed by atoms with Gasteiger partial charge in [-0.2, -0.15) is 4.31 Å². The van der Waals surface area contributed by atoms with E-state index in [0.29, 0.717) is 11.4 Å². The van der Waals surface area contributed by atoms with Crippen LogP contribution in [0.25, 0.3) is 0 Å². The van der Waals surface area contributed by atoms with E-state index in [2.05, 4.69) is 13.5 Å². The highest BCUT2D eigenvalue weighted by Gasteiger charge is 2.36. The van der Waals surface area contributed by atoms with Gasteiger partial charge in [0.05, 0.1) is 4.90 Å². The fourth-order valence-corrected chi connectivity index (χ4v) is 4.56. The quantitative estimate of drug-likeness (QED) is 0.748. The van der Waals surface area contributed by atoms with Gasteiger partial charge in [-0.05, 0) is 44.7 Å². The molecule has 1 aromatic rings. The molecular formula is C17H25NO2S. The Morgan fingerprint density at radius 3 is 2.62 bits per heavy atom. The third-order valence-electron chi connectivity index (χ3n) is 4.15. The van der Waals surface area contributed by atoms with Crippen LogP contribution in [-0.2, 0) is 10.0 Å². The largest absolute Gasteiger partial charge is 0.243 e. The molecule has 1 aliphatic rings. The van der Waals surface area contributed by atoms with Gasteiger partial charge in [-0.25, -0.2) is 8.42 Å². The molecule has 0 radical (unpaired) electrons. The van der Waals surface area contributed by atoms with Crippen LogP contribution >= 0.6 is 0 Å². The van der Waals surface area contributed by atoms with Crippen molar-refractivity contribution in [2.24, 2.45) is 0 Å². The molecule has 0 amide bonds. The van der Waals surface area contributed by atoms with Gasteiger partial charge in [0.25, 0.3) is 0 Å². The van der Waals surface area contributed by atoms with Gasteiger partial charge in [0.15, 0.2) is 0 Å². The van der Waals surface area contributed by atoms with E-state index in [1.807, 2.05) is 19.1 Å². The Balaban J connectivity index is 2.22.